The third kappa shape index (κ3) is 4.05. The molecule has 1 aromatic rings. The van der Waals surface area contributed by atoms with Crippen molar-refractivity contribution in [2.75, 3.05) is 43.6 Å². The molecule has 1 aromatic heterocycles. The molecule has 1 saturated heterocycles. The normalized spacial score (nSPS) is 16.1. The average Bonchev–Trinajstić information content (AvgIpc) is 2.49. The highest BCUT2D eigenvalue weighted by atomic mass is 16.5. The summed E-state index contributed by atoms with van der Waals surface area (Å²) >= 11 is 0. The van der Waals surface area contributed by atoms with Gasteiger partial charge < -0.3 is 15.5 Å². The van der Waals surface area contributed by atoms with Gasteiger partial charge in [0.25, 0.3) is 0 Å². The van der Waals surface area contributed by atoms with Gasteiger partial charge in [0.2, 0.25) is 0 Å². The Bertz CT molecular complexity index is 407. The number of hydrazine groups is 1. The van der Waals surface area contributed by atoms with Crippen molar-refractivity contribution in [1.29, 1.82) is 0 Å². The number of hydrogen-bond donors (Lipinski definition) is 2. The highest BCUT2D eigenvalue weighted by molar-refractivity contribution is 5.57. The number of ether oxygens (including phenoxy) is 1. The second-order valence-corrected chi connectivity index (χ2v) is 4.94. The van der Waals surface area contributed by atoms with Crippen LogP contribution in [-0.2, 0) is 11.2 Å². The van der Waals surface area contributed by atoms with E-state index in [1.54, 1.807) is 6.33 Å². The van der Waals surface area contributed by atoms with Crippen molar-refractivity contribution in [2.24, 2.45) is 0 Å². The predicted molar refractivity (Wildman–Crippen MR) is 80.8 cm³/mol. The van der Waals surface area contributed by atoms with Crippen molar-refractivity contribution in [2.45, 2.75) is 33.1 Å². The van der Waals surface area contributed by atoms with Crippen LogP contribution in [0.5, 0.6) is 0 Å². The molecule has 20 heavy (non-hydrogen) atoms. The molecule has 2 N–H and O–H groups in total. The van der Waals surface area contributed by atoms with Crippen LogP contribution < -0.4 is 10.7 Å². The molecule has 6 nitrogen and oxygen atoms in total. The molecular weight excluding hydrogens is 254 g/mol. The van der Waals surface area contributed by atoms with Crippen molar-refractivity contribution >= 4 is 11.6 Å². The van der Waals surface area contributed by atoms with Gasteiger partial charge in [0.15, 0.2) is 0 Å². The molecule has 6 heteroatoms. The van der Waals surface area contributed by atoms with E-state index in [0.717, 1.165) is 63.7 Å². The fourth-order valence-corrected chi connectivity index (χ4v) is 2.22. The van der Waals surface area contributed by atoms with E-state index in [2.05, 4.69) is 39.6 Å². The van der Waals surface area contributed by atoms with E-state index in [9.17, 15) is 0 Å². The first kappa shape index (κ1) is 15.0. The number of nitrogens with zero attached hydrogens (tertiary/aromatic N) is 3. The van der Waals surface area contributed by atoms with Crippen LogP contribution in [0.15, 0.2) is 6.33 Å². The summed E-state index contributed by atoms with van der Waals surface area (Å²) in [6, 6.07) is 0. The fourth-order valence-electron chi connectivity index (χ4n) is 2.22. The number of morpholine rings is 1. The van der Waals surface area contributed by atoms with E-state index in [1.165, 1.54) is 5.56 Å². The smallest absolute Gasteiger partial charge is 0.149 e. The summed E-state index contributed by atoms with van der Waals surface area (Å²) in [5, 5.41) is 5.55. The zero-order valence-corrected chi connectivity index (χ0v) is 12.5. The van der Waals surface area contributed by atoms with Crippen molar-refractivity contribution in [1.82, 2.24) is 15.0 Å². The molecule has 1 aliphatic rings. The van der Waals surface area contributed by atoms with E-state index >= 15 is 0 Å². The Balaban J connectivity index is 2.12. The van der Waals surface area contributed by atoms with Gasteiger partial charge >= 0.3 is 0 Å². The minimum absolute atomic E-state index is 0.766. The molecule has 0 atom stereocenters. The Morgan fingerprint density at radius 2 is 1.90 bits per heavy atom. The maximum Gasteiger partial charge on any atom is 0.149 e. The lowest BCUT2D eigenvalue weighted by atomic mass is 10.1. The molecule has 112 valence electrons. The van der Waals surface area contributed by atoms with E-state index < -0.39 is 0 Å². The summed E-state index contributed by atoms with van der Waals surface area (Å²) in [4.78, 5) is 8.80. The molecule has 1 aliphatic heterocycles. The lowest BCUT2D eigenvalue weighted by Gasteiger charge is -2.28. The number of rotatable bonds is 7. The molecule has 0 aromatic carbocycles. The highest BCUT2D eigenvalue weighted by Crippen LogP contribution is 2.22. The maximum atomic E-state index is 5.37. The number of aromatic nitrogens is 2. The SMILES string of the molecule is CCCNc1ncnc(NN2CCOCC2)c1CCC. The monoisotopic (exact) mass is 279 g/mol. The third-order valence-electron chi connectivity index (χ3n) is 3.26. The standard InChI is InChI=1S/C14H25N5O/c1-3-5-12-13(15-6-4-2)16-11-17-14(12)18-19-7-9-20-10-8-19/h11H,3-10H2,1-2H3,(H2,15,16,17,18). The molecule has 0 aliphatic carbocycles. The zero-order chi connectivity index (χ0) is 14.2. The minimum Gasteiger partial charge on any atom is -0.379 e. The second-order valence-electron chi connectivity index (χ2n) is 4.94. The molecule has 0 saturated carbocycles. The van der Waals surface area contributed by atoms with Gasteiger partial charge in [0.05, 0.1) is 13.2 Å². The summed E-state index contributed by atoms with van der Waals surface area (Å²) in [6.45, 7) is 8.56. The molecule has 0 radical (unpaired) electrons. The van der Waals surface area contributed by atoms with Crippen molar-refractivity contribution in [3.05, 3.63) is 11.9 Å². The lowest BCUT2D eigenvalue weighted by Crippen LogP contribution is -2.40. The topological polar surface area (TPSA) is 62.3 Å². The summed E-state index contributed by atoms with van der Waals surface area (Å²) in [5.74, 6) is 1.88. The number of nitrogens with one attached hydrogen (secondary N) is 2. The van der Waals surface area contributed by atoms with Crippen LogP contribution in [0.2, 0.25) is 0 Å². The minimum atomic E-state index is 0.766. The van der Waals surface area contributed by atoms with Gasteiger partial charge in [-0.1, -0.05) is 20.3 Å². The van der Waals surface area contributed by atoms with E-state index in [0.29, 0.717) is 0 Å². The first-order chi connectivity index (χ1) is 9.85. The summed E-state index contributed by atoms with van der Waals surface area (Å²) in [7, 11) is 0. The maximum absolute atomic E-state index is 5.37. The molecule has 0 unspecified atom stereocenters. The molecule has 0 spiro atoms. The Morgan fingerprint density at radius 1 is 1.15 bits per heavy atom. The van der Waals surface area contributed by atoms with Crippen LogP contribution in [0.3, 0.4) is 0 Å². The van der Waals surface area contributed by atoms with Crippen LogP contribution in [0.4, 0.5) is 11.6 Å². The van der Waals surface area contributed by atoms with Gasteiger partial charge in [0, 0.05) is 25.2 Å². The number of hydrogen-bond acceptors (Lipinski definition) is 6. The average molecular weight is 279 g/mol. The second kappa shape index (κ2) is 8.01. The third-order valence-corrected chi connectivity index (χ3v) is 3.26. The molecule has 0 bridgehead atoms. The Kier molecular flexibility index (Phi) is 6.01. The summed E-state index contributed by atoms with van der Waals surface area (Å²) in [6.07, 6.45) is 4.76. The van der Waals surface area contributed by atoms with E-state index in [-0.39, 0.29) is 0 Å². The van der Waals surface area contributed by atoms with Gasteiger partial charge in [-0.2, -0.15) is 0 Å². The van der Waals surface area contributed by atoms with Crippen LogP contribution in [0.1, 0.15) is 32.3 Å². The Morgan fingerprint density at radius 3 is 2.60 bits per heavy atom. The van der Waals surface area contributed by atoms with Crippen LogP contribution in [0, 0.1) is 0 Å². The Labute approximate surface area is 120 Å². The lowest BCUT2D eigenvalue weighted by molar-refractivity contribution is 0.0494. The van der Waals surface area contributed by atoms with E-state index in [1.807, 2.05) is 0 Å². The zero-order valence-electron chi connectivity index (χ0n) is 12.5. The van der Waals surface area contributed by atoms with Gasteiger partial charge in [-0.25, -0.2) is 15.0 Å². The molecule has 2 rings (SSSR count). The van der Waals surface area contributed by atoms with Crippen LogP contribution >= 0.6 is 0 Å². The van der Waals surface area contributed by atoms with Gasteiger partial charge in [-0.3, -0.25) is 0 Å². The first-order valence-electron chi connectivity index (χ1n) is 7.52. The molecule has 0 amide bonds. The predicted octanol–water partition coefficient (Wildman–Crippen LogP) is 1.91. The van der Waals surface area contributed by atoms with E-state index in [4.69, 9.17) is 4.74 Å². The van der Waals surface area contributed by atoms with Crippen molar-refractivity contribution in [3.63, 3.8) is 0 Å². The molecular formula is C14H25N5O. The summed E-state index contributed by atoms with van der Waals surface area (Å²) in [5.41, 5.74) is 4.59. The fraction of sp³-hybridized carbons (Fsp3) is 0.714. The highest BCUT2D eigenvalue weighted by Gasteiger charge is 2.15. The first-order valence-corrected chi connectivity index (χ1v) is 7.52. The van der Waals surface area contributed by atoms with Crippen LogP contribution in [0.25, 0.3) is 0 Å². The van der Waals surface area contributed by atoms with Gasteiger partial charge in [-0.15, -0.1) is 0 Å². The van der Waals surface area contributed by atoms with Gasteiger partial charge in [0.1, 0.15) is 18.0 Å². The van der Waals surface area contributed by atoms with Crippen LogP contribution in [-0.4, -0.2) is 47.8 Å². The Hall–Kier alpha value is -1.40. The quantitative estimate of drug-likeness (QED) is 0.795. The van der Waals surface area contributed by atoms with Gasteiger partial charge in [-0.05, 0) is 12.8 Å². The largest absolute Gasteiger partial charge is 0.379 e. The van der Waals surface area contributed by atoms with Crippen molar-refractivity contribution in [3.8, 4) is 0 Å². The summed E-state index contributed by atoms with van der Waals surface area (Å²) < 4.78 is 5.37. The number of anilines is 2. The molecule has 1 fully saturated rings. The molecule has 2 heterocycles. The van der Waals surface area contributed by atoms with Crippen molar-refractivity contribution < 1.29 is 4.74 Å².